The smallest absolute Gasteiger partial charge is 0.205 e. The third-order valence-electron chi connectivity index (χ3n) is 3.02. The number of Topliss-reactive ketones (excluding diaryl/α,β-unsaturated/α-hetero) is 1. The summed E-state index contributed by atoms with van der Waals surface area (Å²) in [5.41, 5.74) is 2.00. The zero-order chi connectivity index (χ0) is 14.8. The minimum absolute atomic E-state index is 0.0417. The Labute approximate surface area is 126 Å². The van der Waals surface area contributed by atoms with E-state index in [0.29, 0.717) is 22.1 Å². The number of aromatic nitrogens is 4. The number of carbonyl (C=O) groups is 1. The van der Waals surface area contributed by atoms with Crippen molar-refractivity contribution in [2.45, 2.75) is 6.92 Å². The summed E-state index contributed by atoms with van der Waals surface area (Å²) in [5.74, 6) is 0.474. The maximum absolute atomic E-state index is 11.3. The van der Waals surface area contributed by atoms with Gasteiger partial charge in [-0.25, -0.2) is 0 Å². The number of ketones is 1. The quantitative estimate of drug-likeness (QED) is 0.697. The van der Waals surface area contributed by atoms with E-state index in [4.69, 9.17) is 11.6 Å². The fourth-order valence-corrected chi connectivity index (χ4v) is 2.16. The minimum atomic E-state index is -0.0417. The van der Waals surface area contributed by atoms with Crippen molar-refractivity contribution >= 4 is 17.4 Å². The molecular formula is C15H11ClN4O. The van der Waals surface area contributed by atoms with Crippen LogP contribution in [0.15, 0.2) is 48.5 Å². The standard InChI is InChI=1S/C15H11ClN4O/c1-10(21)12-7-8-14(13(16)9-12)20-18-15(17-19-20)11-5-3-2-4-6-11/h2-9H,1H3. The minimum Gasteiger partial charge on any atom is -0.295 e. The SMILES string of the molecule is CC(=O)c1ccc(-n2nnc(-c3ccccc3)n2)c(Cl)c1. The summed E-state index contributed by atoms with van der Waals surface area (Å²) in [4.78, 5) is 12.7. The van der Waals surface area contributed by atoms with Gasteiger partial charge in [-0.3, -0.25) is 4.79 Å². The van der Waals surface area contributed by atoms with Crippen molar-refractivity contribution in [3.63, 3.8) is 0 Å². The van der Waals surface area contributed by atoms with Crippen LogP contribution in [0.1, 0.15) is 17.3 Å². The van der Waals surface area contributed by atoms with Gasteiger partial charge in [-0.15, -0.1) is 15.0 Å². The van der Waals surface area contributed by atoms with Crippen molar-refractivity contribution in [3.05, 3.63) is 59.1 Å². The van der Waals surface area contributed by atoms with Gasteiger partial charge in [0, 0.05) is 11.1 Å². The van der Waals surface area contributed by atoms with Crippen molar-refractivity contribution in [1.29, 1.82) is 0 Å². The van der Waals surface area contributed by atoms with Crippen LogP contribution in [0.5, 0.6) is 0 Å². The lowest BCUT2D eigenvalue weighted by molar-refractivity contribution is 0.101. The molecule has 0 saturated carbocycles. The fourth-order valence-electron chi connectivity index (χ4n) is 1.91. The highest BCUT2D eigenvalue weighted by Crippen LogP contribution is 2.22. The number of tetrazole rings is 1. The van der Waals surface area contributed by atoms with Crippen LogP contribution < -0.4 is 0 Å². The molecule has 0 N–H and O–H groups in total. The molecular weight excluding hydrogens is 288 g/mol. The number of halogens is 1. The Hall–Kier alpha value is -2.53. The first kappa shape index (κ1) is 13.5. The zero-order valence-electron chi connectivity index (χ0n) is 11.2. The van der Waals surface area contributed by atoms with Crippen LogP contribution in [-0.2, 0) is 0 Å². The van der Waals surface area contributed by atoms with E-state index in [1.807, 2.05) is 30.3 Å². The second kappa shape index (κ2) is 5.46. The van der Waals surface area contributed by atoms with E-state index >= 15 is 0 Å². The molecule has 21 heavy (non-hydrogen) atoms. The van der Waals surface area contributed by atoms with Crippen LogP contribution in [0.2, 0.25) is 5.02 Å². The Balaban J connectivity index is 1.99. The summed E-state index contributed by atoms with van der Waals surface area (Å²) in [6.07, 6.45) is 0. The van der Waals surface area contributed by atoms with Crippen molar-refractivity contribution < 1.29 is 4.79 Å². The largest absolute Gasteiger partial charge is 0.295 e. The molecule has 0 amide bonds. The summed E-state index contributed by atoms with van der Waals surface area (Å²) in [5, 5.41) is 12.7. The van der Waals surface area contributed by atoms with E-state index in [1.54, 1.807) is 18.2 Å². The number of benzene rings is 2. The molecule has 5 nitrogen and oxygen atoms in total. The third kappa shape index (κ3) is 2.68. The second-order valence-electron chi connectivity index (χ2n) is 4.49. The van der Waals surface area contributed by atoms with Gasteiger partial charge < -0.3 is 0 Å². The van der Waals surface area contributed by atoms with Crippen molar-refractivity contribution in [2.75, 3.05) is 0 Å². The van der Waals surface area contributed by atoms with Crippen LogP contribution in [-0.4, -0.2) is 26.0 Å². The van der Waals surface area contributed by atoms with E-state index in [-0.39, 0.29) is 5.78 Å². The average Bonchev–Trinajstić information content (AvgIpc) is 2.97. The number of rotatable bonds is 3. The third-order valence-corrected chi connectivity index (χ3v) is 3.32. The first-order chi connectivity index (χ1) is 10.1. The predicted octanol–water partition coefficient (Wildman–Crippen LogP) is 3.19. The highest BCUT2D eigenvalue weighted by atomic mass is 35.5. The molecule has 0 radical (unpaired) electrons. The maximum Gasteiger partial charge on any atom is 0.205 e. The molecule has 3 rings (SSSR count). The van der Waals surface area contributed by atoms with Crippen LogP contribution in [0.4, 0.5) is 0 Å². The Bertz CT molecular complexity index is 798. The number of hydrogen-bond donors (Lipinski definition) is 0. The molecule has 0 spiro atoms. The van der Waals surface area contributed by atoms with Crippen LogP contribution >= 0.6 is 11.6 Å². The molecule has 1 heterocycles. The molecule has 0 aliphatic rings. The lowest BCUT2D eigenvalue weighted by Crippen LogP contribution is -2.01. The lowest BCUT2D eigenvalue weighted by Gasteiger charge is -2.03. The number of carbonyl (C=O) groups excluding carboxylic acids is 1. The number of hydrogen-bond acceptors (Lipinski definition) is 4. The van der Waals surface area contributed by atoms with E-state index in [1.165, 1.54) is 11.7 Å². The van der Waals surface area contributed by atoms with Crippen LogP contribution in [0.3, 0.4) is 0 Å². The predicted molar refractivity (Wildman–Crippen MR) is 79.6 cm³/mol. The summed E-state index contributed by atoms with van der Waals surface area (Å²) >= 11 is 6.18. The highest BCUT2D eigenvalue weighted by molar-refractivity contribution is 6.32. The molecule has 0 aliphatic carbocycles. The topological polar surface area (TPSA) is 60.7 Å². The normalized spacial score (nSPS) is 10.6. The van der Waals surface area contributed by atoms with E-state index in [9.17, 15) is 4.79 Å². The summed E-state index contributed by atoms with van der Waals surface area (Å²) in [6.45, 7) is 1.49. The van der Waals surface area contributed by atoms with E-state index in [0.717, 1.165) is 5.56 Å². The van der Waals surface area contributed by atoms with Gasteiger partial charge in [-0.1, -0.05) is 41.9 Å². The second-order valence-corrected chi connectivity index (χ2v) is 4.90. The first-order valence-electron chi connectivity index (χ1n) is 6.31. The zero-order valence-corrected chi connectivity index (χ0v) is 11.9. The lowest BCUT2D eigenvalue weighted by atomic mass is 10.1. The fraction of sp³-hybridized carbons (Fsp3) is 0.0667. The van der Waals surface area contributed by atoms with Gasteiger partial charge in [0.2, 0.25) is 5.82 Å². The maximum atomic E-state index is 11.3. The van der Waals surface area contributed by atoms with Gasteiger partial charge in [0.15, 0.2) is 5.78 Å². The molecule has 6 heteroatoms. The monoisotopic (exact) mass is 298 g/mol. The van der Waals surface area contributed by atoms with Gasteiger partial charge in [-0.05, 0) is 30.3 Å². The van der Waals surface area contributed by atoms with Gasteiger partial charge in [0.05, 0.1) is 5.02 Å². The summed E-state index contributed by atoms with van der Waals surface area (Å²) < 4.78 is 0. The molecule has 2 aromatic carbocycles. The summed E-state index contributed by atoms with van der Waals surface area (Å²) in [6, 6.07) is 14.5. The van der Waals surface area contributed by atoms with Gasteiger partial charge in [0.25, 0.3) is 0 Å². The van der Waals surface area contributed by atoms with Crippen molar-refractivity contribution in [1.82, 2.24) is 20.2 Å². The number of nitrogens with zero attached hydrogens (tertiary/aromatic N) is 4. The van der Waals surface area contributed by atoms with Crippen LogP contribution in [0, 0.1) is 0 Å². The Morgan fingerprint density at radius 3 is 2.57 bits per heavy atom. The molecule has 0 bridgehead atoms. The van der Waals surface area contributed by atoms with Crippen molar-refractivity contribution in [2.24, 2.45) is 0 Å². The van der Waals surface area contributed by atoms with Gasteiger partial charge in [-0.2, -0.15) is 0 Å². The molecule has 0 atom stereocenters. The Kier molecular flexibility index (Phi) is 3.50. The van der Waals surface area contributed by atoms with Gasteiger partial charge in [0.1, 0.15) is 5.69 Å². The Morgan fingerprint density at radius 1 is 1.14 bits per heavy atom. The molecule has 0 unspecified atom stereocenters. The average molecular weight is 299 g/mol. The van der Waals surface area contributed by atoms with Crippen LogP contribution in [0.25, 0.3) is 17.1 Å². The van der Waals surface area contributed by atoms with E-state index < -0.39 is 0 Å². The van der Waals surface area contributed by atoms with Crippen molar-refractivity contribution in [3.8, 4) is 17.1 Å². The Morgan fingerprint density at radius 2 is 1.90 bits per heavy atom. The molecule has 0 aliphatic heterocycles. The first-order valence-corrected chi connectivity index (χ1v) is 6.69. The van der Waals surface area contributed by atoms with E-state index in [2.05, 4.69) is 15.4 Å². The summed E-state index contributed by atoms with van der Waals surface area (Å²) in [7, 11) is 0. The highest BCUT2D eigenvalue weighted by Gasteiger charge is 2.11. The molecule has 104 valence electrons. The molecule has 0 saturated heterocycles. The van der Waals surface area contributed by atoms with Gasteiger partial charge >= 0.3 is 0 Å². The molecule has 3 aromatic rings. The molecule has 1 aromatic heterocycles. The molecule has 0 fully saturated rings.